The van der Waals surface area contributed by atoms with Crippen LogP contribution < -0.4 is 0 Å². The normalized spacial score (nSPS) is 18.3. The number of aliphatic carboxylic acids is 1. The third-order valence-electron chi connectivity index (χ3n) is 4.47. The fraction of sp³-hybridized carbons (Fsp3) is 0.533. The number of nitro benzene ring substituents is 1. The van der Waals surface area contributed by atoms with Crippen molar-refractivity contribution < 1.29 is 14.8 Å². The largest absolute Gasteiger partial charge is 0.481 e. The molecule has 1 aliphatic rings. The molecule has 21 heavy (non-hydrogen) atoms. The van der Waals surface area contributed by atoms with E-state index in [4.69, 9.17) is 0 Å². The maximum atomic E-state index is 11.4. The lowest BCUT2D eigenvalue weighted by Gasteiger charge is -2.38. The average Bonchev–Trinajstić information content (AvgIpc) is 2.48. The fourth-order valence-electron chi connectivity index (χ4n) is 2.88. The Morgan fingerprint density at radius 3 is 2.62 bits per heavy atom. The van der Waals surface area contributed by atoms with Crippen LogP contribution in [0.25, 0.3) is 0 Å². The van der Waals surface area contributed by atoms with E-state index < -0.39 is 16.3 Å². The van der Waals surface area contributed by atoms with Gasteiger partial charge in [0.15, 0.2) is 0 Å². The van der Waals surface area contributed by atoms with Gasteiger partial charge in [0.1, 0.15) is 0 Å². The molecule has 1 heterocycles. The van der Waals surface area contributed by atoms with Gasteiger partial charge in [-0.15, -0.1) is 0 Å². The standard InChI is InChI=1S/C15H20N2O4/c1-2-15(14(18)19)6-8-16(9-7-15)11-12-4-3-5-13(10-12)17(20)21/h3-5,10H,2,6-9,11H2,1H3,(H,18,19). The number of piperidine rings is 1. The van der Waals surface area contributed by atoms with Gasteiger partial charge in [-0.1, -0.05) is 19.1 Å². The Morgan fingerprint density at radius 2 is 2.10 bits per heavy atom. The first kappa shape index (κ1) is 15.4. The van der Waals surface area contributed by atoms with E-state index in [-0.39, 0.29) is 5.69 Å². The Hall–Kier alpha value is -1.95. The van der Waals surface area contributed by atoms with Gasteiger partial charge in [-0.05, 0) is 37.9 Å². The Morgan fingerprint density at radius 1 is 1.43 bits per heavy atom. The average molecular weight is 292 g/mol. The number of carboxylic acids is 1. The number of carbonyl (C=O) groups is 1. The quantitative estimate of drug-likeness (QED) is 0.666. The number of rotatable bonds is 5. The lowest BCUT2D eigenvalue weighted by molar-refractivity contribution is -0.384. The fourth-order valence-corrected chi connectivity index (χ4v) is 2.88. The number of nitro groups is 1. The molecule has 2 rings (SSSR count). The number of nitrogens with zero attached hydrogens (tertiary/aromatic N) is 2. The van der Waals surface area contributed by atoms with Gasteiger partial charge in [0.2, 0.25) is 0 Å². The van der Waals surface area contributed by atoms with Gasteiger partial charge in [-0.3, -0.25) is 19.8 Å². The Bertz CT molecular complexity index is 536. The van der Waals surface area contributed by atoms with Crippen LogP contribution in [0.4, 0.5) is 5.69 Å². The molecule has 6 nitrogen and oxygen atoms in total. The van der Waals surface area contributed by atoms with Gasteiger partial charge >= 0.3 is 5.97 Å². The first-order chi connectivity index (χ1) is 9.97. The molecule has 0 saturated carbocycles. The maximum Gasteiger partial charge on any atom is 0.309 e. The van der Waals surface area contributed by atoms with Crippen LogP contribution in [0.5, 0.6) is 0 Å². The van der Waals surface area contributed by atoms with Crippen LogP contribution in [0.3, 0.4) is 0 Å². The van der Waals surface area contributed by atoms with E-state index in [1.165, 1.54) is 6.07 Å². The minimum Gasteiger partial charge on any atom is -0.481 e. The Labute approximate surface area is 123 Å². The molecule has 0 atom stereocenters. The second-order valence-electron chi connectivity index (χ2n) is 5.64. The third kappa shape index (κ3) is 3.39. The summed E-state index contributed by atoms with van der Waals surface area (Å²) >= 11 is 0. The van der Waals surface area contributed by atoms with Gasteiger partial charge < -0.3 is 5.11 Å². The van der Waals surface area contributed by atoms with Crippen LogP contribution in [0.1, 0.15) is 31.7 Å². The molecule has 0 amide bonds. The molecular weight excluding hydrogens is 272 g/mol. The monoisotopic (exact) mass is 292 g/mol. The molecular formula is C15H20N2O4. The van der Waals surface area contributed by atoms with E-state index in [1.807, 2.05) is 13.0 Å². The van der Waals surface area contributed by atoms with E-state index in [0.29, 0.717) is 38.9 Å². The highest BCUT2D eigenvalue weighted by atomic mass is 16.6. The van der Waals surface area contributed by atoms with Crippen molar-refractivity contribution in [1.82, 2.24) is 4.90 Å². The van der Waals surface area contributed by atoms with E-state index >= 15 is 0 Å². The first-order valence-corrected chi connectivity index (χ1v) is 7.16. The SMILES string of the molecule is CCC1(C(=O)O)CCN(Cc2cccc([N+](=O)[O-])c2)CC1. The van der Waals surface area contributed by atoms with Crippen molar-refractivity contribution in [2.24, 2.45) is 5.41 Å². The molecule has 0 unspecified atom stereocenters. The number of likely N-dealkylation sites (tertiary alicyclic amines) is 1. The number of non-ortho nitro benzene ring substituents is 1. The Kier molecular flexibility index (Phi) is 4.57. The van der Waals surface area contributed by atoms with Crippen molar-refractivity contribution in [3.8, 4) is 0 Å². The van der Waals surface area contributed by atoms with Crippen LogP contribution in [-0.2, 0) is 11.3 Å². The molecule has 1 aliphatic heterocycles. The zero-order valence-electron chi connectivity index (χ0n) is 12.1. The second kappa shape index (κ2) is 6.22. The molecule has 1 aromatic rings. The molecule has 0 aromatic heterocycles. The van der Waals surface area contributed by atoms with Crippen molar-refractivity contribution in [3.63, 3.8) is 0 Å². The summed E-state index contributed by atoms with van der Waals surface area (Å²) < 4.78 is 0. The topological polar surface area (TPSA) is 83.7 Å². The van der Waals surface area contributed by atoms with Gasteiger partial charge in [0, 0.05) is 18.7 Å². The highest BCUT2D eigenvalue weighted by Crippen LogP contribution is 2.35. The lowest BCUT2D eigenvalue weighted by Crippen LogP contribution is -2.43. The van der Waals surface area contributed by atoms with Crippen LogP contribution in [0, 0.1) is 15.5 Å². The van der Waals surface area contributed by atoms with Crippen molar-refractivity contribution >= 4 is 11.7 Å². The summed E-state index contributed by atoms with van der Waals surface area (Å²) in [6.07, 6.45) is 1.91. The molecule has 0 aliphatic carbocycles. The smallest absolute Gasteiger partial charge is 0.309 e. The van der Waals surface area contributed by atoms with E-state index in [0.717, 1.165) is 5.56 Å². The zero-order chi connectivity index (χ0) is 15.5. The first-order valence-electron chi connectivity index (χ1n) is 7.16. The predicted octanol–water partition coefficient (Wildman–Crippen LogP) is 2.67. The molecule has 1 fully saturated rings. The summed E-state index contributed by atoms with van der Waals surface area (Å²) in [5, 5.41) is 20.1. The summed E-state index contributed by atoms with van der Waals surface area (Å²) in [5.74, 6) is -0.708. The van der Waals surface area contributed by atoms with Crippen molar-refractivity contribution in [2.45, 2.75) is 32.7 Å². The van der Waals surface area contributed by atoms with E-state index in [9.17, 15) is 20.0 Å². The van der Waals surface area contributed by atoms with Crippen LogP contribution in [0.2, 0.25) is 0 Å². The molecule has 114 valence electrons. The lowest BCUT2D eigenvalue weighted by atomic mass is 9.76. The molecule has 0 radical (unpaired) electrons. The highest BCUT2D eigenvalue weighted by Gasteiger charge is 2.39. The van der Waals surface area contributed by atoms with Crippen LogP contribution in [-0.4, -0.2) is 34.0 Å². The summed E-state index contributed by atoms with van der Waals surface area (Å²) in [5.41, 5.74) is 0.389. The van der Waals surface area contributed by atoms with Crippen molar-refractivity contribution in [1.29, 1.82) is 0 Å². The number of hydrogen-bond acceptors (Lipinski definition) is 4. The van der Waals surface area contributed by atoms with Gasteiger partial charge in [-0.25, -0.2) is 0 Å². The van der Waals surface area contributed by atoms with Crippen LogP contribution >= 0.6 is 0 Å². The minimum atomic E-state index is -0.708. The minimum absolute atomic E-state index is 0.0953. The van der Waals surface area contributed by atoms with E-state index in [1.54, 1.807) is 12.1 Å². The molecule has 1 N–H and O–H groups in total. The second-order valence-corrected chi connectivity index (χ2v) is 5.64. The molecule has 6 heteroatoms. The number of benzene rings is 1. The van der Waals surface area contributed by atoms with E-state index in [2.05, 4.69) is 4.90 Å². The van der Waals surface area contributed by atoms with Gasteiger partial charge in [0.25, 0.3) is 5.69 Å². The predicted molar refractivity (Wildman–Crippen MR) is 78.0 cm³/mol. The van der Waals surface area contributed by atoms with Crippen LogP contribution in [0.15, 0.2) is 24.3 Å². The highest BCUT2D eigenvalue weighted by molar-refractivity contribution is 5.74. The summed E-state index contributed by atoms with van der Waals surface area (Å²) in [6.45, 7) is 3.97. The summed E-state index contributed by atoms with van der Waals surface area (Å²) in [4.78, 5) is 23.9. The molecule has 0 spiro atoms. The van der Waals surface area contributed by atoms with Gasteiger partial charge in [-0.2, -0.15) is 0 Å². The molecule has 1 aromatic carbocycles. The maximum absolute atomic E-state index is 11.4. The van der Waals surface area contributed by atoms with Crippen molar-refractivity contribution in [2.75, 3.05) is 13.1 Å². The summed E-state index contributed by atoms with van der Waals surface area (Å²) in [6, 6.07) is 6.61. The van der Waals surface area contributed by atoms with Crippen molar-refractivity contribution in [3.05, 3.63) is 39.9 Å². The summed E-state index contributed by atoms with van der Waals surface area (Å²) in [7, 11) is 0. The number of hydrogen-bond donors (Lipinski definition) is 1. The zero-order valence-corrected chi connectivity index (χ0v) is 12.1. The molecule has 0 bridgehead atoms. The Balaban J connectivity index is 1.99. The number of carboxylic acid groups (broad SMARTS) is 1. The molecule has 1 saturated heterocycles. The third-order valence-corrected chi connectivity index (χ3v) is 4.47. The van der Waals surface area contributed by atoms with Gasteiger partial charge in [0.05, 0.1) is 10.3 Å².